The summed E-state index contributed by atoms with van der Waals surface area (Å²) in [5.41, 5.74) is 4.01. The maximum Gasteiger partial charge on any atom is 0.259 e. The van der Waals surface area contributed by atoms with E-state index in [1.807, 2.05) is 48.2 Å². The first-order chi connectivity index (χ1) is 15.6. The van der Waals surface area contributed by atoms with Crippen LogP contribution in [0.3, 0.4) is 0 Å². The Hall–Kier alpha value is -3.21. The molecule has 5 heteroatoms. The van der Waals surface area contributed by atoms with E-state index in [0.29, 0.717) is 30.5 Å². The molecule has 0 N–H and O–H groups in total. The zero-order valence-corrected chi connectivity index (χ0v) is 18.5. The van der Waals surface area contributed by atoms with Crippen LogP contribution in [0.4, 0.5) is 0 Å². The Bertz CT molecular complexity index is 1170. The zero-order valence-electron chi connectivity index (χ0n) is 18.5. The lowest BCUT2D eigenvalue weighted by Gasteiger charge is -2.29. The number of likely N-dealkylation sites (tertiary alicyclic amines) is 1. The van der Waals surface area contributed by atoms with Crippen molar-refractivity contribution in [1.82, 2.24) is 14.5 Å². The third-order valence-electron chi connectivity index (χ3n) is 7.05. The second-order valence-corrected chi connectivity index (χ2v) is 9.15. The van der Waals surface area contributed by atoms with Crippen molar-refractivity contribution in [2.24, 2.45) is 5.92 Å². The molecule has 0 radical (unpaired) electrons. The van der Waals surface area contributed by atoms with Crippen molar-refractivity contribution in [3.63, 3.8) is 0 Å². The molecule has 2 atom stereocenters. The van der Waals surface area contributed by atoms with Gasteiger partial charge in [-0.1, -0.05) is 36.4 Å². The highest BCUT2D eigenvalue weighted by atomic mass is 16.2. The summed E-state index contributed by atoms with van der Waals surface area (Å²) in [5.74, 6) is 0.512. The molecule has 2 fully saturated rings. The molecule has 1 saturated carbocycles. The first kappa shape index (κ1) is 20.7. The fourth-order valence-electron chi connectivity index (χ4n) is 5.42. The number of carbonyl (C=O) groups excluding carboxylic acids is 1. The van der Waals surface area contributed by atoms with Crippen molar-refractivity contribution in [2.75, 3.05) is 6.54 Å². The molecular weight excluding hydrogens is 398 g/mol. The van der Waals surface area contributed by atoms with Crippen molar-refractivity contribution in [3.05, 3.63) is 99.2 Å². The molecule has 2 aliphatic rings. The van der Waals surface area contributed by atoms with Crippen LogP contribution in [-0.4, -0.2) is 32.9 Å². The average molecular weight is 428 g/mol. The summed E-state index contributed by atoms with van der Waals surface area (Å²) in [6.45, 7) is 3.28. The molecule has 32 heavy (non-hydrogen) atoms. The van der Waals surface area contributed by atoms with Gasteiger partial charge in [-0.25, -0.2) is 0 Å². The van der Waals surface area contributed by atoms with Crippen LogP contribution in [0, 0.1) is 12.8 Å². The van der Waals surface area contributed by atoms with Gasteiger partial charge < -0.3 is 9.47 Å². The molecule has 1 aromatic carbocycles. The Morgan fingerprint density at radius 2 is 1.88 bits per heavy atom. The summed E-state index contributed by atoms with van der Waals surface area (Å²) >= 11 is 0. The maximum atomic E-state index is 13.7. The number of aryl methyl sites for hydroxylation is 2. The lowest BCUT2D eigenvalue weighted by molar-refractivity contribution is 0.0700. The van der Waals surface area contributed by atoms with Gasteiger partial charge in [0.2, 0.25) is 0 Å². The Labute approximate surface area is 188 Å². The zero-order chi connectivity index (χ0) is 22.1. The molecule has 3 aromatic rings. The Kier molecular flexibility index (Phi) is 5.64. The molecule has 1 amide bonds. The molecule has 1 aliphatic carbocycles. The normalized spacial score (nSPS) is 19.5. The van der Waals surface area contributed by atoms with Crippen molar-refractivity contribution >= 4 is 5.91 Å². The molecular formula is C27H29N3O2. The van der Waals surface area contributed by atoms with Gasteiger partial charge in [0.15, 0.2) is 5.43 Å². The van der Waals surface area contributed by atoms with Gasteiger partial charge >= 0.3 is 0 Å². The highest BCUT2D eigenvalue weighted by Gasteiger charge is 2.41. The molecule has 5 nitrogen and oxygen atoms in total. The molecule has 1 saturated heterocycles. The molecule has 3 heterocycles. The standard InChI is InChI=1S/C27H29N3O2/c1-19-15-25(31)26(27(32)30-17-21-10-12-23(30)16-21)24(13-11-20-7-3-2-4-8-20)29(19)18-22-9-5-6-14-28-22/h2-9,14-15,21,23H,10-13,16-18H2,1H3/t21-,23+/m0/s1. The van der Waals surface area contributed by atoms with Crippen LogP contribution in [0.5, 0.6) is 0 Å². The van der Waals surface area contributed by atoms with Gasteiger partial charge in [0.05, 0.1) is 12.2 Å². The first-order valence-electron chi connectivity index (χ1n) is 11.6. The van der Waals surface area contributed by atoms with Gasteiger partial charge in [0.1, 0.15) is 5.56 Å². The highest BCUT2D eigenvalue weighted by molar-refractivity contribution is 5.95. The SMILES string of the molecule is Cc1cc(=O)c(C(=O)N2C[C@H]3CC[C@@H]2C3)c(CCc2ccccc2)n1Cc1ccccn1. The van der Waals surface area contributed by atoms with Gasteiger partial charge in [-0.15, -0.1) is 0 Å². The lowest BCUT2D eigenvalue weighted by atomic mass is 10.0. The number of piperidine rings is 1. The first-order valence-corrected chi connectivity index (χ1v) is 11.6. The summed E-state index contributed by atoms with van der Waals surface area (Å²) in [7, 11) is 0. The van der Waals surface area contributed by atoms with Crippen molar-refractivity contribution in [2.45, 2.75) is 51.6 Å². The third kappa shape index (κ3) is 3.99. The van der Waals surface area contributed by atoms with Crippen LogP contribution >= 0.6 is 0 Å². The molecule has 5 rings (SSSR count). The van der Waals surface area contributed by atoms with Crippen molar-refractivity contribution in [1.29, 1.82) is 0 Å². The van der Waals surface area contributed by atoms with Crippen LogP contribution < -0.4 is 5.43 Å². The molecule has 0 unspecified atom stereocenters. The average Bonchev–Trinajstić information content (AvgIpc) is 3.45. The van der Waals surface area contributed by atoms with Crippen LogP contribution in [0.25, 0.3) is 0 Å². The van der Waals surface area contributed by atoms with E-state index in [1.165, 1.54) is 12.0 Å². The number of hydrogen-bond donors (Lipinski definition) is 0. The fourth-order valence-corrected chi connectivity index (χ4v) is 5.42. The van der Waals surface area contributed by atoms with E-state index in [9.17, 15) is 9.59 Å². The smallest absolute Gasteiger partial charge is 0.259 e. The van der Waals surface area contributed by atoms with E-state index in [1.54, 1.807) is 12.3 Å². The summed E-state index contributed by atoms with van der Waals surface area (Å²) in [4.78, 5) is 33.4. The lowest BCUT2D eigenvalue weighted by Crippen LogP contribution is -2.41. The quantitative estimate of drug-likeness (QED) is 0.597. The predicted molar refractivity (Wildman–Crippen MR) is 125 cm³/mol. The van der Waals surface area contributed by atoms with Gasteiger partial charge in [0, 0.05) is 36.2 Å². The monoisotopic (exact) mass is 427 g/mol. The minimum Gasteiger partial charge on any atom is -0.342 e. The number of carbonyl (C=O) groups is 1. The maximum absolute atomic E-state index is 13.7. The van der Waals surface area contributed by atoms with Gasteiger partial charge in [-0.2, -0.15) is 0 Å². The largest absolute Gasteiger partial charge is 0.342 e. The van der Waals surface area contributed by atoms with Crippen molar-refractivity contribution in [3.8, 4) is 0 Å². The van der Waals surface area contributed by atoms with Crippen LogP contribution in [0.1, 0.15) is 52.3 Å². The number of amides is 1. The van der Waals surface area contributed by atoms with E-state index in [4.69, 9.17) is 0 Å². The van der Waals surface area contributed by atoms with Crippen LogP contribution in [-0.2, 0) is 19.4 Å². The third-order valence-corrected chi connectivity index (χ3v) is 7.05. The number of benzene rings is 1. The molecule has 2 aromatic heterocycles. The fraction of sp³-hybridized carbons (Fsp3) is 0.370. The number of nitrogens with zero attached hydrogens (tertiary/aromatic N) is 3. The second-order valence-electron chi connectivity index (χ2n) is 9.15. The van der Waals surface area contributed by atoms with Crippen LogP contribution in [0.2, 0.25) is 0 Å². The highest BCUT2D eigenvalue weighted by Crippen LogP contribution is 2.38. The molecule has 2 bridgehead atoms. The van der Waals surface area contributed by atoms with E-state index in [2.05, 4.69) is 21.7 Å². The van der Waals surface area contributed by atoms with E-state index >= 15 is 0 Å². The number of rotatable bonds is 6. The molecule has 0 spiro atoms. The van der Waals surface area contributed by atoms with E-state index < -0.39 is 0 Å². The minimum atomic E-state index is -0.157. The van der Waals surface area contributed by atoms with Gasteiger partial charge in [0.25, 0.3) is 5.91 Å². The van der Waals surface area contributed by atoms with Crippen molar-refractivity contribution < 1.29 is 4.79 Å². The number of fused-ring (bicyclic) bond motifs is 2. The Balaban J connectivity index is 1.56. The van der Waals surface area contributed by atoms with Gasteiger partial charge in [-0.3, -0.25) is 14.6 Å². The number of hydrogen-bond acceptors (Lipinski definition) is 3. The summed E-state index contributed by atoms with van der Waals surface area (Å²) < 4.78 is 2.12. The van der Waals surface area contributed by atoms with E-state index in [0.717, 1.165) is 42.9 Å². The molecule has 164 valence electrons. The minimum absolute atomic E-state index is 0.0833. The summed E-state index contributed by atoms with van der Waals surface area (Å²) in [5, 5.41) is 0. The van der Waals surface area contributed by atoms with Gasteiger partial charge in [-0.05, 0) is 62.6 Å². The number of pyridine rings is 2. The Morgan fingerprint density at radius 1 is 1.06 bits per heavy atom. The van der Waals surface area contributed by atoms with E-state index in [-0.39, 0.29) is 11.3 Å². The molecule has 1 aliphatic heterocycles. The second kappa shape index (κ2) is 8.73. The Morgan fingerprint density at radius 3 is 2.56 bits per heavy atom. The topological polar surface area (TPSA) is 55.2 Å². The summed E-state index contributed by atoms with van der Waals surface area (Å²) in [6, 6.07) is 18.0. The van der Waals surface area contributed by atoms with Crippen LogP contribution in [0.15, 0.2) is 65.6 Å². The number of aromatic nitrogens is 2. The summed E-state index contributed by atoms with van der Waals surface area (Å²) in [6.07, 6.45) is 6.54. The predicted octanol–water partition coefficient (Wildman–Crippen LogP) is 4.01.